The lowest BCUT2D eigenvalue weighted by Gasteiger charge is -2.20. The summed E-state index contributed by atoms with van der Waals surface area (Å²) in [5.41, 5.74) is 2.12. The van der Waals surface area contributed by atoms with E-state index in [0.717, 1.165) is 23.4 Å². The highest BCUT2D eigenvalue weighted by molar-refractivity contribution is 5.70. The van der Waals surface area contributed by atoms with Gasteiger partial charge in [-0.1, -0.05) is 30.3 Å². The number of pyridine rings is 2. The number of rotatable bonds is 4. The molecule has 4 rings (SSSR count). The molecule has 0 unspecified atom stereocenters. The Kier molecular flexibility index (Phi) is 5.27. The van der Waals surface area contributed by atoms with Crippen LogP contribution in [0.1, 0.15) is 17.7 Å². The molecule has 0 bridgehead atoms. The minimum atomic E-state index is -4.43. The van der Waals surface area contributed by atoms with E-state index in [0.29, 0.717) is 30.9 Å². The molecule has 3 heterocycles. The molecule has 1 aromatic carbocycles. The Balaban J connectivity index is 1.49. The van der Waals surface area contributed by atoms with Crippen molar-refractivity contribution >= 4 is 5.69 Å². The fraction of sp³-hybridized carbons (Fsp3) is 0.227. The molecule has 8 heteroatoms. The van der Waals surface area contributed by atoms with Gasteiger partial charge in [-0.25, -0.2) is 9.97 Å². The van der Waals surface area contributed by atoms with E-state index in [2.05, 4.69) is 16.0 Å². The molecule has 2 aromatic heterocycles. The van der Waals surface area contributed by atoms with Crippen LogP contribution < -0.4 is 9.64 Å². The first-order valence-electron chi connectivity index (χ1n) is 9.34. The number of alkyl halides is 3. The lowest BCUT2D eigenvalue weighted by atomic mass is 10.1. The maximum atomic E-state index is 12.7. The summed E-state index contributed by atoms with van der Waals surface area (Å²) in [7, 11) is 0. The number of aromatic nitrogens is 2. The van der Waals surface area contributed by atoms with Gasteiger partial charge >= 0.3 is 6.18 Å². The van der Waals surface area contributed by atoms with E-state index in [1.165, 1.54) is 6.07 Å². The van der Waals surface area contributed by atoms with Gasteiger partial charge in [-0.15, -0.1) is 0 Å². The zero-order valence-electron chi connectivity index (χ0n) is 15.8. The van der Waals surface area contributed by atoms with Crippen LogP contribution in [0.4, 0.5) is 18.9 Å². The molecule has 1 aliphatic heterocycles. The first-order chi connectivity index (χ1) is 14.4. The summed E-state index contributed by atoms with van der Waals surface area (Å²) in [5, 5.41) is 9.46. The van der Waals surface area contributed by atoms with Gasteiger partial charge in [-0.3, -0.25) is 0 Å². The standard InChI is InChI=1S/C22H17F3N4O/c23-22(24,25)17-6-7-21(28-13-17)30-18-8-9-29(14-18)20-10-16(12-27-19(20)11-26)15-4-2-1-3-5-15/h1-7,10,12-13,18H,8-9,14H2/t18-/m0/s1. The lowest BCUT2D eigenvalue weighted by Crippen LogP contribution is -2.25. The van der Waals surface area contributed by atoms with Crippen molar-refractivity contribution in [2.75, 3.05) is 18.0 Å². The highest BCUT2D eigenvalue weighted by atomic mass is 19.4. The lowest BCUT2D eigenvalue weighted by molar-refractivity contribution is -0.137. The van der Waals surface area contributed by atoms with E-state index in [1.807, 2.05) is 41.3 Å². The average Bonchev–Trinajstić information content (AvgIpc) is 3.22. The third-order valence-electron chi connectivity index (χ3n) is 4.92. The van der Waals surface area contributed by atoms with Crippen molar-refractivity contribution < 1.29 is 17.9 Å². The number of halogens is 3. The third kappa shape index (κ3) is 4.20. The van der Waals surface area contributed by atoms with Crippen molar-refractivity contribution in [3.05, 3.63) is 72.2 Å². The number of hydrogen-bond acceptors (Lipinski definition) is 5. The molecule has 0 N–H and O–H groups in total. The molecule has 1 atom stereocenters. The second kappa shape index (κ2) is 8.03. The maximum Gasteiger partial charge on any atom is 0.417 e. The van der Waals surface area contributed by atoms with Gasteiger partial charge in [0.15, 0.2) is 5.69 Å². The summed E-state index contributed by atoms with van der Waals surface area (Å²) in [6.07, 6.45) is -1.58. The molecule has 0 aliphatic carbocycles. The Hall–Kier alpha value is -3.60. The average molecular weight is 410 g/mol. The third-order valence-corrected chi connectivity index (χ3v) is 4.92. The molecule has 152 valence electrons. The number of ether oxygens (including phenoxy) is 1. The minimum Gasteiger partial charge on any atom is -0.472 e. The molecule has 1 aliphatic rings. The van der Waals surface area contributed by atoms with Crippen LogP contribution in [-0.2, 0) is 6.18 Å². The van der Waals surface area contributed by atoms with E-state index in [1.54, 1.807) is 6.20 Å². The topological polar surface area (TPSA) is 62.0 Å². The fourth-order valence-electron chi connectivity index (χ4n) is 3.40. The van der Waals surface area contributed by atoms with Crippen LogP contribution >= 0.6 is 0 Å². The molecule has 30 heavy (non-hydrogen) atoms. The Morgan fingerprint density at radius 2 is 1.83 bits per heavy atom. The van der Waals surface area contributed by atoms with Gasteiger partial charge in [-0.2, -0.15) is 18.4 Å². The van der Waals surface area contributed by atoms with Crippen molar-refractivity contribution in [3.63, 3.8) is 0 Å². The van der Waals surface area contributed by atoms with Crippen LogP contribution in [0, 0.1) is 11.3 Å². The Morgan fingerprint density at radius 3 is 2.50 bits per heavy atom. The molecular weight excluding hydrogens is 393 g/mol. The van der Waals surface area contributed by atoms with E-state index >= 15 is 0 Å². The summed E-state index contributed by atoms with van der Waals surface area (Å²) in [6, 6.07) is 16.0. The Bertz CT molecular complexity index is 1060. The molecule has 1 saturated heterocycles. The quantitative estimate of drug-likeness (QED) is 0.624. The molecular formula is C22H17F3N4O. The number of anilines is 1. The second-order valence-corrected chi connectivity index (χ2v) is 6.93. The number of nitrogens with zero attached hydrogens (tertiary/aromatic N) is 4. The zero-order valence-corrected chi connectivity index (χ0v) is 15.8. The van der Waals surface area contributed by atoms with E-state index < -0.39 is 11.7 Å². The number of hydrogen-bond donors (Lipinski definition) is 0. The SMILES string of the molecule is N#Cc1ncc(-c2ccccc2)cc1N1CC[C@H](Oc2ccc(C(F)(F)F)cn2)C1. The summed E-state index contributed by atoms with van der Waals surface area (Å²) in [4.78, 5) is 10.1. The van der Waals surface area contributed by atoms with Gasteiger partial charge in [0.05, 0.1) is 17.8 Å². The second-order valence-electron chi connectivity index (χ2n) is 6.93. The molecule has 3 aromatic rings. The highest BCUT2D eigenvalue weighted by Crippen LogP contribution is 2.31. The van der Waals surface area contributed by atoms with Crippen molar-refractivity contribution in [1.29, 1.82) is 5.26 Å². The fourth-order valence-corrected chi connectivity index (χ4v) is 3.40. The molecule has 0 amide bonds. The first-order valence-corrected chi connectivity index (χ1v) is 9.34. The normalized spacial score (nSPS) is 16.3. The van der Waals surface area contributed by atoms with Gasteiger partial charge in [0.2, 0.25) is 5.88 Å². The van der Waals surface area contributed by atoms with Gasteiger partial charge < -0.3 is 9.64 Å². The van der Waals surface area contributed by atoms with Crippen LogP contribution in [0.2, 0.25) is 0 Å². The Morgan fingerprint density at radius 1 is 1.03 bits per heavy atom. The first kappa shape index (κ1) is 19.7. The van der Waals surface area contributed by atoms with E-state index in [4.69, 9.17) is 4.74 Å². The Labute approximate surface area is 171 Å². The summed E-state index contributed by atoms with van der Waals surface area (Å²) in [6.45, 7) is 1.12. The maximum absolute atomic E-state index is 12.7. The summed E-state index contributed by atoms with van der Waals surface area (Å²) < 4.78 is 43.8. The summed E-state index contributed by atoms with van der Waals surface area (Å²) in [5.74, 6) is 0.145. The number of benzene rings is 1. The van der Waals surface area contributed by atoms with Crippen LogP contribution in [-0.4, -0.2) is 29.2 Å². The molecule has 5 nitrogen and oxygen atoms in total. The van der Waals surface area contributed by atoms with Crippen molar-refractivity contribution in [1.82, 2.24) is 9.97 Å². The smallest absolute Gasteiger partial charge is 0.417 e. The van der Waals surface area contributed by atoms with E-state index in [-0.39, 0.29) is 12.0 Å². The minimum absolute atomic E-state index is 0.145. The summed E-state index contributed by atoms with van der Waals surface area (Å²) >= 11 is 0. The van der Waals surface area contributed by atoms with Gasteiger partial charge in [0, 0.05) is 37.0 Å². The van der Waals surface area contributed by atoms with Gasteiger partial charge in [0.1, 0.15) is 12.2 Å². The monoisotopic (exact) mass is 410 g/mol. The molecule has 0 radical (unpaired) electrons. The highest BCUT2D eigenvalue weighted by Gasteiger charge is 2.31. The van der Waals surface area contributed by atoms with Crippen molar-refractivity contribution in [3.8, 4) is 23.1 Å². The predicted octanol–water partition coefficient (Wildman–Crippen LogP) is 4.69. The van der Waals surface area contributed by atoms with Crippen LogP contribution in [0.25, 0.3) is 11.1 Å². The van der Waals surface area contributed by atoms with Gasteiger partial charge in [-0.05, 0) is 17.7 Å². The largest absolute Gasteiger partial charge is 0.472 e. The zero-order chi connectivity index (χ0) is 21.1. The van der Waals surface area contributed by atoms with Crippen molar-refractivity contribution in [2.45, 2.75) is 18.7 Å². The van der Waals surface area contributed by atoms with Crippen molar-refractivity contribution in [2.24, 2.45) is 0 Å². The van der Waals surface area contributed by atoms with Gasteiger partial charge in [0.25, 0.3) is 0 Å². The molecule has 0 saturated carbocycles. The number of nitriles is 1. The van der Waals surface area contributed by atoms with Crippen LogP contribution in [0.15, 0.2) is 60.9 Å². The van der Waals surface area contributed by atoms with E-state index in [9.17, 15) is 18.4 Å². The predicted molar refractivity (Wildman–Crippen MR) is 105 cm³/mol. The molecule has 1 fully saturated rings. The van der Waals surface area contributed by atoms with Crippen LogP contribution in [0.3, 0.4) is 0 Å². The molecule has 0 spiro atoms. The van der Waals surface area contributed by atoms with Crippen LogP contribution in [0.5, 0.6) is 5.88 Å².